The van der Waals surface area contributed by atoms with Gasteiger partial charge in [-0.15, -0.1) is 0 Å². The van der Waals surface area contributed by atoms with E-state index < -0.39 is 0 Å². The van der Waals surface area contributed by atoms with Crippen LogP contribution >= 0.6 is 11.6 Å². The molecule has 1 unspecified atom stereocenters. The summed E-state index contributed by atoms with van der Waals surface area (Å²) in [6, 6.07) is 3.90. The molecule has 0 radical (unpaired) electrons. The fourth-order valence-electron chi connectivity index (χ4n) is 1.95. The lowest BCUT2D eigenvalue weighted by molar-refractivity contribution is 0.400. The standard InChI is InChI=1S/C13H20ClNO/c1-4-10(8-15)6-11-7-12(14)5-9(2)13(11)16-3/h5,7,10H,4,6,8,15H2,1-3H3. The summed E-state index contributed by atoms with van der Waals surface area (Å²) >= 11 is 6.06. The maximum atomic E-state index is 6.06. The molecule has 0 saturated heterocycles. The smallest absolute Gasteiger partial charge is 0.125 e. The predicted molar refractivity (Wildman–Crippen MR) is 69.3 cm³/mol. The zero-order valence-electron chi connectivity index (χ0n) is 10.2. The number of aryl methyl sites for hydroxylation is 1. The third-order valence-electron chi connectivity index (χ3n) is 2.94. The van der Waals surface area contributed by atoms with Gasteiger partial charge in [-0.3, -0.25) is 0 Å². The summed E-state index contributed by atoms with van der Waals surface area (Å²) in [5, 5.41) is 0.764. The lowest BCUT2D eigenvalue weighted by atomic mass is 9.95. The Morgan fingerprint density at radius 1 is 1.44 bits per heavy atom. The first kappa shape index (κ1) is 13.3. The van der Waals surface area contributed by atoms with Crippen LogP contribution < -0.4 is 10.5 Å². The van der Waals surface area contributed by atoms with Crippen LogP contribution in [-0.2, 0) is 6.42 Å². The van der Waals surface area contributed by atoms with E-state index in [1.54, 1.807) is 7.11 Å². The Labute approximate surface area is 103 Å². The largest absolute Gasteiger partial charge is 0.496 e. The van der Waals surface area contributed by atoms with Gasteiger partial charge in [-0.25, -0.2) is 0 Å². The van der Waals surface area contributed by atoms with E-state index in [0.29, 0.717) is 12.5 Å². The molecule has 0 spiro atoms. The Kier molecular flexibility index (Phi) is 5.10. The molecule has 0 aliphatic carbocycles. The average Bonchev–Trinajstić information content (AvgIpc) is 2.25. The highest BCUT2D eigenvalue weighted by atomic mass is 35.5. The van der Waals surface area contributed by atoms with Crippen LogP contribution in [0.3, 0.4) is 0 Å². The third kappa shape index (κ3) is 3.13. The number of methoxy groups -OCH3 is 1. The normalized spacial score (nSPS) is 12.6. The molecule has 0 aromatic heterocycles. The number of benzene rings is 1. The molecule has 0 fully saturated rings. The summed E-state index contributed by atoms with van der Waals surface area (Å²) in [5.41, 5.74) is 7.96. The molecule has 0 bridgehead atoms. The Balaban J connectivity index is 3.01. The van der Waals surface area contributed by atoms with E-state index in [2.05, 4.69) is 6.92 Å². The lowest BCUT2D eigenvalue weighted by Gasteiger charge is -2.16. The molecule has 0 saturated carbocycles. The van der Waals surface area contributed by atoms with Crippen molar-refractivity contribution in [3.63, 3.8) is 0 Å². The minimum atomic E-state index is 0.492. The van der Waals surface area contributed by atoms with Crippen LogP contribution in [0.25, 0.3) is 0 Å². The van der Waals surface area contributed by atoms with Crippen LogP contribution in [0.5, 0.6) is 5.75 Å². The molecule has 1 rings (SSSR count). The van der Waals surface area contributed by atoms with Crippen LogP contribution in [0.4, 0.5) is 0 Å². The van der Waals surface area contributed by atoms with E-state index in [-0.39, 0.29) is 0 Å². The quantitative estimate of drug-likeness (QED) is 0.860. The predicted octanol–water partition coefficient (Wildman–Crippen LogP) is 3.18. The minimum Gasteiger partial charge on any atom is -0.496 e. The molecule has 2 N–H and O–H groups in total. The molecule has 90 valence electrons. The van der Waals surface area contributed by atoms with Gasteiger partial charge in [0.25, 0.3) is 0 Å². The van der Waals surface area contributed by atoms with Crippen molar-refractivity contribution in [2.75, 3.05) is 13.7 Å². The molecule has 0 heterocycles. The third-order valence-corrected chi connectivity index (χ3v) is 3.16. The molecule has 16 heavy (non-hydrogen) atoms. The van der Waals surface area contributed by atoms with Crippen LogP contribution in [0.2, 0.25) is 5.02 Å². The summed E-state index contributed by atoms with van der Waals surface area (Å²) in [7, 11) is 1.70. The minimum absolute atomic E-state index is 0.492. The van der Waals surface area contributed by atoms with Crippen LogP contribution in [0, 0.1) is 12.8 Å². The van der Waals surface area contributed by atoms with E-state index in [1.165, 1.54) is 0 Å². The van der Waals surface area contributed by atoms with Gasteiger partial charge in [-0.2, -0.15) is 0 Å². The zero-order valence-corrected chi connectivity index (χ0v) is 11.0. The monoisotopic (exact) mass is 241 g/mol. The molecule has 1 aromatic rings. The number of hydrogen-bond donors (Lipinski definition) is 1. The number of rotatable bonds is 5. The van der Waals surface area contributed by atoms with Crippen molar-refractivity contribution in [3.05, 3.63) is 28.3 Å². The zero-order chi connectivity index (χ0) is 12.1. The first-order valence-electron chi connectivity index (χ1n) is 5.65. The molecule has 3 heteroatoms. The topological polar surface area (TPSA) is 35.2 Å². The summed E-state index contributed by atoms with van der Waals surface area (Å²) in [6.07, 6.45) is 2.00. The second-order valence-corrected chi connectivity index (χ2v) is 4.57. The van der Waals surface area contributed by atoms with Gasteiger partial charge in [0.15, 0.2) is 0 Å². The second-order valence-electron chi connectivity index (χ2n) is 4.13. The van der Waals surface area contributed by atoms with Gasteiger partial charge in [0, 0.05) is 5.02 Å². The van der Waals surface area contributed by atoms with Crippen molar-refractivity contribution in [1.29, 1.82) is 0 Å². The summed E-state index contributed by atoms with van der Waals surface area (Å²) in [6.45, 7) is 4.87. The van der Waals surface area contributed by atoms with Crippen LogP contribution in [0.15, 0.2) is 12.1 Å². The van der Waals surface area contributed by atoms with Crippen LogP contribution in [-0.4, -0.2) is 13.7 Å². The first-order valence-corrected chi connectivity index (χ1v) is 6.03. The second kappa shape index (κ2) is 6.12. The highest BCUT2D eigenvalue weighted by Gasteiger charge is 2.12. The summed E-state index contributed by atoms with van der Waals surface area (Å²) in [5.74, 6) is 1.43. The van der Waals surface area contributed by atoms with Gasteiger partial charge in [0.1, 0.15) is 5.75 Å². The molecule has 1 aromatic carbocycles. The lowest BCUT2D eigenvalue weighted by Crippen LogP contribution is -2.16. The van der Waals surface area contributed by atoms with Crippen LogP contribution in [0.1, 0.15) is 24.5 Å². The fraction of sp³-hybridized carbons (Fsp3) is 0.538. The molecule has 0 aliphatic heterocycles. The van der Waals surface area contributed by atoms with Crippen molar-refractivity contribution in [2.45, 2.75) is 26.7 Å². The Morgan fingerprint density at radius 2 is 2.12 bits per heavy atom. The SMILES string of the molecule is CCC(CN)Cc1cc(Cl)cc(C)c1OC. The van der Waals surface area contributed by atoms with E-state index in [1.807, 2.05) is 19.1 Å². The van der Waals surface area contributed by atoms with Crippen molar-refractivity contribution in [2.24, 2.45) is 11.7 Å². The molecule has 0 aliphatic rings. The number of nitrogens with two attached hydrogens (primary N) is 1. The summed E-state index contributed by atoms with van der Waals surface area (Å²) in [4.78, 5) is 0. The first-order chi connectivity index (χ1) is 7.62. The summed E-state index contributed by atoms with van der Waals surface area (Å²) < 4.78 is 5.42. The highest BCUT2D eigenvalue weighted by Crippen LogP contribution is 2.29. The van der Waals surface area contributed by atoms with Gasteiger partial charge in [-0.1, -0.05) is 24.9 Å². The van der Waals surface area contributed by atoms with Crippen molar-refractivity contribution in [1.82, 2.24) is 0 Å². The average molecular weight is 242 g/mol. The van der Waals surface area contributed by atoms with Gasteiger partial charge in [0.2, 0.25) is 0 Å². The van der Waals surface area contributed by atoms with Gasteiger partial charge in [-0.05, 0) is 49.1 Å². The maximum absolute atomic E-state index is 6.06. The van der Waals surface area contributed by atoms with Gasteiger partial charge < -0.3 is 10.5 Å². The number of ether oxygens (including phenoxy) is 1. The fourth-order valence-corrected chi connectivity index (χ4v) is 2.24. The maximum Gasteiger partial charge on any atom is 0.125 e. The Morgan fingerprint density at radius 3 is 2.62 bits per heavy atom. The molecule has 2 nitrogen and oxygen atoms in total. The molecule has 0 amide bonds. The Bertz CT molecular complexity index is 348. The number of halogens is 1. The molecule has 1 atom stereocenters. The van der Waals surface area contributed by atoms with E-state index >= 15 is 0 Å². The van der Waals surface area contributed by atoms with Crippen molar-refractivity contribution in [3.8, 4) is 5.75 Å². The Hall–Kier alpha value is -0.730. The van der Waals surface area contributed by atoms with Gasteiger partial charge >= 0.3 is 0 Å². The van der Waals surface area contributed by atoms with E-state index in [9.17, 15) is 0 Å². The van der Waals surface area contributed by atoms with Crippen molar-refractivity contribution >= 4 is 11.6 Å². The molecular formula is C13H20ClNO. The van der Waals surface area contributed by atoms with E-state index in [4.69, 9.17) is 22.1 Å². The number of hydrogen-bond acceptors (Lipinski definition) is 2. The highest BCUT2D eigenvalue weighted by molar-refractivity contribution is 6.30. The molecular weight excluding hydrogens is 222 g/mol. The van der Waals surface area contributed by atoms with E-state index in [0.717, 1.165) is 34.7 Å². The van der Waals surface area contributed by atoms with Gasteiger partial charge in [0.05, 0.1) is 7.11 Å². The van der Waals surface area contributed by atoms with Crippen molar-refractivity contribution < 1.29 is 4.74 Å².